The van der Waals surface area contributed by atoms with Gasteiger partial charge < -0.3 is 4.90 Å². The van der Waals surface area contributed by atoms with Gasteiger partial charge in [0.15, 0.2) is 6.29 Å². The van der Waals surface area contributed by atoms with Crippen LogP contribution in [0, 0.1) is 0 Å². The Morgan fingerprint density at radius 1 is 1.17 bits per heavy atom. The van der Waals surface area contributed by atoms with Gasteiger partial charge in [0, 0.05) is 47.9 Å². The maximum atomic E-state index is 10.8. The summed E-state index contributed by atoms with van der Waals surface area (Å²) in [6.07, 6.45) is 3.66. The molecule has 1 saturated carbocycles. The van der Waals surface area contributed by atoms with E-state index in [0.29, 0.717) is 0 Å². The number of piperazine rings is 1. The molecule has 96 valence electrons. The van der Waals surface area contributed by atoms with Crippen LogP contribution in [0.4, 0.5) is 5.69 Å². The van der Waals surface area contributed by atoms with Gasteiger partial charge >= 0.3 is 0 Å². The predicted molar refractivity (Wildman–Crippen MR) is 76.3 cm³/mol. The minimum Gasteiger partial charge on any atom is -0.369 e. The van der Waals surface area contributed by atoms with Gasteiger partial charge in [0.25, 0.3) is 0 Å². The molecule has 1 saturated heterocycles. The van der Waals surface area contributed by atoms with Gasteiger partial charge in [0.2, 0.25) is 0 Å². The standard InChI is InChI=1S/C14H17BrN2O/c15-14-9-13(2-1-11(14)10-18)17-7-5-16(6-8-17)12-3-4-12/h1-2,9-10,12H,3-8H2. The Labute approximate surface area is 116 Å². The maximum Gasteiger partial charge on any atom is 0.151 e. The SMILES string of the molecule is O=Cc1ccc(N2CCN(C3CC3)CC2)cc1Br. The highest BCUT2D eigenvalue weighted by atomic mass is 79.9. The molecule has 2 fully saturated rings. The highest BCUT2D eigenvalue weighted by molar-refractivity contribution is 9.10. The van der Waals surface area contributed by atoms with Gasteiger partial charge in [-0.05, 0) is 47.0 Å². The van der Waals surface area contributed by atoms with E-state index in [1.54, 1.807) is 0 Å². The Bertz CT molecular complexity index is 451. The zero-order valence-corrected chi connectivity index (χ0v) is 11.9. The Morgan fingerprint density at radius 2 is 1.89 bits per heavy atom. The van der Waals surface area contributed by atoms with Crippen LogP contribution in [0.1, 0.15) is 23.2 Å². The second kappa shape index (κ2) is 5.02. The first-order valence-corrected chi connectivity index (χ1v) is 7.31. The fourth-order valence-electron chi connectivity index (χ4n) is 2.59. The van der Waals surface area contributed by atoms with Crippen molar-refractivity contribution in [1.82, 2.24) is 4.90 Å². The predicted octanol–water partition coefficient (Wildman–Crippen LogP) is 2.55. The van der Waals surface area contributed by atoms with Gasteiger partial charge in [-0.2, -0.15) is 0 Å². The molecule has 0 radical (unpaired) electrons. The molecule has 0 bridgehead atoms. The van der Waals surface area contributed by atoms with Crippen molar-refractivity contribution in [2.45, 2.75) is 18.9 Å². The number of hydrogen-bond acceptors (Lipinski definition) is 3. The summed E-state index contributed by atoms with van der Waals surface area (Å²) in [5.74, 6) is 0. The van der Waals surface area contributed by atoms with E-state index in [1.165, 1.54) is 18.5 Å². The van der Waals surface area contributed by atoms with E-state index >= 15 is 0 Å². The van der Waals surface area contributed by atoms with Gasteiger partial charge in [0.05, 0.1) is 0 Å². The Hall–Kier alpha value is -0.870. The van der Waals surface area contributed by atoms with E-state index in [1.807, 2.05) is 12.1 Å². The van der Waals surface area contributed by atoms with Crippen LogP contribution in [-0.4, -0.2) is 43.4 Å². The molecule has 18 heavy (non-hydrogen) atoms. The van der Waals surface area contributed by atoms with Gasteiger partial charge in [-0.3, -0.25) is 9.69 Å². The quantitative estimate of drug-likeness (QED) is 0.802. The van der Waals surface area contributed by atoms with Crippen LogP contribution in [0.2, 0.25) is 0 Å². The smallest absolute Gasteiger partial charge is 0.151 e. The van der Waals surface area contributed by atoms with Crippen LogP contribution >= 0.6 is 15.9 Å². The van der Waals surface area contributed by atoms with E-state index in [4.69, 9.17) is 0 Å². The van der Waals surface area contributed by atoms with E-state index < -0.39 is 0 Å². The molecule has 3 nitrogen and oxygen atoms in total. The molecular formula is C14H17BrN2O. The number of halogens is 1. The number of rotatable bonds is 3. The molecular weight excluding hydrogens is 292 g/mol. The second-order valence-electron chi connectivity index (χ2n) is 5.08. The molecule has 1 aliphatic heterocycles. The summed E-state index contributed by atoms with van der Waals surface area (Å²) in [5, 5.41) is 0. The second-order valence-corrected chi connectivity index (χ2v) is 5.93. The largest absolute Gasteiger partial charge is 0.369 e. The molecule has 0 amide bonds. The lowest BCUT2D eigenvalue weighted by Crippen LogP contribution is -2.47. The molecule has 1 aliphatic carbocycles. The lowest BCUT2D eigenvalue weighted by Gasteiger charge is -2.36. The average molecular weight is 309 g/mol. The van der Waals surface area contributed by atoms with Crippen molar-refractivity contribution in [3.8, 4) is 0 Å². The molecule has 1 heterocycles. The summed E-state index contributed by atoms with van der Waals surface area (Å²) in [4.78, 5) is 15.8. The molecule has 0 spiro atoms. The van der Waals surface area contributed by atoms with Crippen molar-refractivity contribution < 1.29 is 4.79 Å². The zero-order chi connectivity index (χ0) is 12.5. The number of carbonyl (C=O) groups excluding carboxylic acids is 1. The number of benzene rings is 1. The van der Waals surface area contributed by atoms with Crippen molar-refractivity contribution in [3.63, 3.8) is 0 Å². The molecule has 1 aromatic carbocycles. The minimum absolute atomic E-state index is 0.718. The highest BCUT2D eigenvalue weighted by Crippen LogP contribution is 2.29. The Balaban J connectivity index is 1.68. The number of carbonyl (C=O) groups is 1. The van der Waals surface area contributed by atoms with E-state index in [0.717, 1.165) is 48.5 Å². The van der Waals surface area contributed by atoms with E-state index in [-0.39, 0.29) is 0 Å². The fraction of sp³-hybridized carbons (Fsp3) is 0.500. The summed E-state index contributed by atoms with van der Waals surface area (Å²) < 4.78 is 0.889. The number of nitrogens with zero attached hydrogens (tertiary/aromatic N) is 2. The third-order valence-corrected chi connectivity index (χ3v) is 4.54. The van der Waals surface area contributed by atoms with Gasteiger partial charge in [-0.25, -0.2) is 0 Å². The van der Waals surface area contributed by atoms with Crippen molar-refractivity contribution in [2.75, 3.05) is 31.1 Å². The van der Waals surface area contributed by atoms with Crippen LogP contribution in [0.3, 0.4) is 0 Å². The van der Waals surface area contributed by atoms with E-state index in [2.05, 4.69) is 31.8 Å². The maximum absolute atomic E-state index is 10.8. The molecule has 4 heteroatoms. The van der Waals surface area contributed by atoms with Crippen LogP contribution in [0.5, 0.6) is 0 Å². The summed E-state index contributed by atoms with van der Waals surface area (Å²) in [6.45, 7) is 4.50. The van der Waals surface area contributed by atoms with Crippen molar-refractivity contribution in [3.05, 3.63) is 28.2 Å². The number of hydrogen-bond donors (Lipinski definition) is 0. The third kappa shape index (κ3) is 2.45. The number of aldehydes is 1. The summed E-state index contributed by atoms with van der Waals surface area (Å²) in [6, 6.07) is 6.86. The summed E-state index contributed by atoms with van der Waals surface area (Å²) in [7, 11) is 0. The number of anilines is 1. The normalized spacial score (nSPS) is 21.1. The first-order chi connectivity index (χ1) is 8.78. The topological polar surface area (TPSA) is 23.6 Å². The Morgan fingerprint density at radius 3 is 2.44 bits per heavy atom. The zero-order valence-electron chi connectivity index (χ0n) is 10.3. The molecule has 2 aliphatic rings. The molecule has 0 unspecified atom stereocenters. The molecule has 3 rings (SSSR count). The molecule has 0 atom stereocenters. The fourth-order valence-corrected chi connectivity index (χ4v) is 3.05. The van der Waals surface area contributed by atoms with Crippen molar-refractivity contribution >= 4 is 27.9 Å². The van der Waals surface area contributed by atoms with Gasteiger partial charge in [-0.15, -0.1) is 0 Å². The first-order valence-electron chi connectivity index (χ1n) is 6.51. The monoisotopic (exact) mass is 308 g/mol. The lowest BCUT2D eigenvalue weighted by molar-refractivity contribution is 0.112. The highest BCUT2D eigenvalue weighted by Gasteiger charge is 2.31. The molecule has 0 aromatic heterocycles. The van der Waals surface area contributed by atoms with Crippen LogP contribution < -0.4 is 4.90 Å². The van der Waals surface area contributed by atoms with Crippen molar-refractivity contribution in [1.29, 1.82) is 0 Å². The minimum atomic E-state index is 0.718. The molecule has 1 aromatic rings. The average Bonchev–Trinajstić information content (AvgIpc) is 3.23. The third-order valence-electron chi connectivity index (χ3n) is 3.85. The van der Waals surface area contributed by atoms with Gasteiger partial charge in [0.1, 0.15) is 0 Å². The van der Waals surface area contributed by atoms with Crippen LogP contribution in [0.15, 0.2) is 22.7 Å². The van der Waals surface area contributed by atoms with Gasteiger partial charge in [-0.1, -0.05) is 0 Å². The van der Waals surface area contributed by atoms with Crippen molar-refractivity contribution in [2.24, 2.45) is 0 Å². The first kappa shape index (κ1) is 12.2. The lowest BCUT2D eigenvalue weighted by atomic mass is 10.2. The van der Waals surface area contributed by atoms with Crippen LogP contribution in [-0.2, 0) is 0 Å². The van der Waals surface area contributed by atoms with Crippen LogP contribution in [0.25, 0.3) is 0 Å². The Kier molecular flexibility index (Phi) is 3.39. The summed E-state index contributed by atoms with van der Waals surface area (Å²) >= 11 is 3.45. The van der Waals surface area contributed by atoms with E-state index in [9.17, 15) is 4.79 Å². The molecule has 0 N–H and O–H groups in total. The summed E-state index contributed by atoms with van der Waals surface area (Å²) in [5.41, 5.74) is 1.93.